The molecule has 7 nitrogen and oxygen atoms in total. The molecule has 0 spiro atoms. The van der Waals surface area contributed by atoms with E-state index in [-0.39, 0.29) is 4.90 Å². The van der Waals surface area contributed by atoms with Gasteiger partial charge in [0.05, 0.1) is 16.3 Å². The van der Waals surface area contributed by atoms with E-state index in [9.17, 15) is 13.2 Å². The first-order valence-electron chi connectivity index (χ1n) is 6.33. The normalized spacial score (nSPS) is 11.9. The van der Waals surface area contributed by atoms with Gasteiger partial charge in [0.1, 0.15) is 0 Å². The number of rotatable bonds is 3. The summed E-state index contributed by atoms with van der Waals surface area (Å²) in [6.07, 6.45) is 0. The van der Waals surface area contributed by atoms with Crippen molar-refractivity contribution in [3.8, 4) is 0 Å². The zero-order valence-electron chi connectivity index (χ0n) is 12.9. The lowest BCUT2D eigenvalue weighted by Crippen LogP contribution is -2.43. The van der Waals surface area contributed by atoms with Crippen molar-refractivity contribution in [3.63, 3.8) is 0 Å². The maximum Gasteiger partial charge on any atom is 0.319 e. The molecule has 0 saturated carbocycles. The highest BCUT2D eigenvalue weighted by Gasteiger charge is 2.17. The predicted molar refractivity (Wildman–Crippen MR) is 84.0 cm³/mol. The first kappa shape index (κ1) is 17.3. The van der Waals surface area contributed by atoms with E-state index in [1.807, 2.05) is 20.8 Å². The molecule has 0 aliphatic rings. The fourth-order valence-electron chi connectivity index (χ4n) is 1.68. The van der Waals surface area contributed by atoms with E-state index in [4.69, 9.17) is 5.14 Å². The Labute approximate surface area is 125 Å². The van der Waals surface area contributed by atoms with Crippen LogP contribution in [0, 0.1) is 0 Å². The van der Waals surface area contributed by atoms with Crippen LogP contribution < -0.4 is 20.7 Å². The van der Waals surface area contributed by atoms with Gasteiger partial charge in [-0.1, -0.05) is 0 Å². The number of sulfonamides is 1. The van der Waals surface area contributed by atoms with Gasteiger partial charge in [-0.3, -0.25) is 0 Å². The van der Waals surface area contributed by atoms with Gasteiger partial charge in [0.15, 0.2) is 0 Å². The Bertz CT molecular complexity index is 633. The average molecular weight is 314 g/mol. The first-order chi connectivity index (χ1) is 9.40. The fourth-order valence-corrected chi connectivity index (χ4v) is 2.22. The highest BCUT2D eigenvalue weighted by Crippen LogP contribution is 2.27. The van der Waals surface area contributed by atoms with Gasteiger partial charge < -0.3 is 15.5 Å². The van der Waals surface area contributed by atoms with Gasteiger partial charge in [0.2, 0.25) is 10.0 Å². The minimum absolute atomic E-state index is 0.0563. The van der Waals surface area contributed by atoms with Gasteiger partial charge >= 0.3 is 6.03 Å². The second-order valence-electron chi connectivity index (χ2n) is 5.95. The number of carbonyl (C=O) groups excluding carboxylic acids is 1. The molecule has 1 rings (SSSR count). The van der Waals surface area contributed by atoms with Gasteiger partial charge in [-0.05, 0) is 39.0 Å². The summed E-state index contributed by atoms with van der Waals surface area (Å²) < 4.78 is 22.8. The first-order valence-corrected chi connectivity index (χ1v) is 7.88. The number of amides is 2. The Kier molecular flexibility index (Phi) is 4.85. The summed E-state index contributed by atoms with van der Waals surface area (Å²) in [7, 11) is -0.248. The molecule has 4 N–H and O–H groups in total. The van der Waals surface area contributed by atoms with Crippen molar-refractivity contribution < 1.29 is 13.2 Å². The van der Waals surface area contributed by atoms with Gasteiger partial charge in [0, 0.05) is 19.6 Å². The third-order valence-electron chi connectivity index (χ3n) is 2.52. The summed E-state index contributed by atoms with van der Waals surface area (Å²) in [4.78, 5) is 13.6. The van der Waals surface area contributed by atoms with Gasteiger partial charge in [-0.2, -0.15) is 0 Å². The van der Waals surface area contributed by atoms with Gasteiger partial charge in [-0.15, -0.1) is 0 Å². The Hall–Kier alpha value is -1.80. The van der Waals surface area contributed by atoms with Crippen molar-refractivity contribution in [3.05, 3.63) is 18.2 Å². The summed E-state index contributed by atoms with van der Waals surface area (Å²) >= 11 is 0. The summed E-state index contributed by atoms with van der Waals surface area (Å²) in [6.45, 7) is 5.54. The monoisotopic (exact) mass is 314 g/mol. The third kappa shape index (κ3) is 5.24. The Balaban J connectivity index is 3.16. The second kappa shape index (κ2) is 5.90. The van der Waals surface area contributed by atoms with E-state index in [2.05, 4.69) is 10.6 Å². The van der Waals surface area contributed by atoms with Crippen LogP contribution >= 0.6 is 0 Å². The SMILES string of the molecule is CN(C)c1ccc(S(N)(=O)=O)cc1NC(=O)NC(C)(C)C. The molecule has 21 heavy (non-hydrogen) atoms. The highest BCUT2D eigenvalue weighted by atomic mass is 32.2. The van der Waals surface area contributed by atoms with E-state index in [0.29, 0.717) is 11.4 Å². The van der Waals surface area contributed by atoms with Crippen LogP contribution in [0.15, 0.2) is 23.1 Å². The molecule has 1 aromatic rings. The molecule has 0 aromatic heterocycles. The molecule has 118 valence electrons. The Morgan fingerprint density at radius 3 is 2.24 bits per heavy atom. The summed E-state index contributed by atoms with van der Waals surface area (Å²) in [5.74, 6) is 0. The number of anilines is 2. The topological polar surface area (TPSA) is 105 Å². The van der Waals surface area contributed by atoms with Crippen molar-refractivity contribution in [2.45, 2.75) is 31.2 Å². The molecule has 0 radical (unpaired) electrons. The van der Waals surface area contributed by atoms with Crippen LogP contribution in [0.2, 0.25) is 0 Å². The molecule has 0 aliphatic carbocycles. The zero-order chi connectivity index (χ0) is 16.4. The van der Waals surface area contributed by atoms with Gasteiger partial charge in [-0.25, -0.2) is 18.4 Å². The molecule has 0 fully saturated rings. The molecule has 1 aromatic carbocycles. The van der Waals surface area contributed by atoms with Crippen molar-refractivity contribution in [2.24, 2.45) is 5.14 Å². The standard InChI is InChI=1S/C13H22N4O3S/c1-13(2,3)16-12(18)15-10-8-9(21(14,19)20)6-7-11(10)17(4)5/h6-8H,1-5H3,(H2,14,19,20)(H2,15,16,18). The summed E-state index contributed by atoms with van der Waals surface area (Å²) in [5, 5.41) is 10.5. The minimum atomic E-state index is -3.83. The largest absolute Gasteiger partial charge is 0.376 e. The van der Waals surface area contributed by atoms with E-state index < -0.39 is 21.6 Å². The number of nitrogens with one attached hydrogen (secondary N) is 2. The Morgan fingerprint density at radius 2 is 1.81 bits per heavy atom. The molecular weight excluding hydrogens is 292 g/mol. The lowest BCUT2D eigenvalue weighted by atomic mass is 10.1. The third-order valence-corrected chi connectivity index (χ3v) is 3.43. The van der Waals surface area contributed by atoms with Crippen molar-refractivity contribution in [1.29, 1.82) is 0 Å². The van der Waals surface area contributed by atoms with Crippen LogP contribution in [0.1, 0.15) is 20.8 Å². The minimum Gasteiger partial charge on any atom is -0.376 e. The maximum absolute atomic E-state index is 11.9. The number of hydrogen-bond donors (Lipinski definition) is 3. The number of nitrogens with zero attached hydrogens (tertiary/aromatic N) is 1. The number of benzene rings is 1. The van der Waals surface area contributed by atoms with Crippen molar-refractivity contribution >= 4 is 27.4 Å². The highest BCUT2D eigenvalue weighted by molar-refractivity contribution is 7.89. The average Bonchev–Trinajstić information content (AvgIpc) is 2.24. The predicted octanol–water partition coefficient (Wildman–Crippen LogP) is 1.32. The molecule has 0 bridgehead atoms. The molecule has 0 heterocycles. The molecule has 0 atom stereocenters. The smallest absolute Gasteiger partial charge is 0.319 e. The quantitative estimate of drug-likeness (QED) is 0.782. The second-order valence-corrected chi connectivity index (χ2v) is 7.51. The van der Waals surface area contributed by atoms with Crippen molar-refractivity contribution in [2.75, 3.05) is 24.3 Å². The van der Waals surface area contributed by atoms with E-state index >= 15 is 0 Å². The lowest BCUT2D eigenvalue weighted by Gasteiger charge is -2.23. The molecular formula is C13H22N4O3S. The van der Waals surface area contributed by atoms with Crippen LogP contribution in [0.3, 0.4) is 0 Å². The van der Waals surface area contributed by atoms with E-state index in [1.165, 1.54) is 12.1 Å². The van der Waals surface area contributed by atoms with E-state index in [1.54, 1.807) is 25.1 Å². The van der Waals surface area contributed by atoms with Crippen LogP contribution in [-0.4, -0.2) is 34.1 Å². The maximum atomic E-state index is 11.9. The molecule has 0 unspecified atom stereocenters. The Morgan fingerprint density at radius 1 is 1.24 bits per heavy atom. The number of primary sulfonamides is 1. The van der Waals surface area contributed by atoms with Crippen LogP contribution in [0.25, 0.3) is 0 Å². The number of hydrogen-bond acceptors (Lipinski definition) is 4. The summed E-state index contributed by atoms with van der Waals surface area (Å²) in [6, 6.07) is 3.91. The molecule has 0 saturated heterocycles. The molecule has 0 aliphatic heterocycles. The molecule has 8 heteroatoms. The van der Waals surface area contributed by atoms with Crippen LogP contribution in [0.4, 0.5) is 16.2 Å². The summed E-state index contributed by atoms with van der Waals surface area (Å²) in [5.41, 5.74) is 0.639. The number of urea groups is 1. The van der Waals surface area contributed by atoms with Crippen molar-refractivity contribution in [1.82, 2.24) is 5.32 Å². The van der Waals surface area contributed by atoms with Gasteiger partial charge in [0.25, 0.3) is 0 Å². The molecule has 2 amide bonds. The number of carbonyl (C=O) groups is 1. The van der Waals surface area contributed by atoms with Crippen LogP contribution in [0.5, 0.6) is 0 Å². The number of nitrogens with two attached hydrogens (primary N) is 1. The zero-order valence-corrected chi connectivity index (χ0v) is 13.7. The van der Waals surface area contributed by atoms with Crippen LogP contribution in [-0.2, 0) is 10.0 Å². The fraction of sp³-hybridized carbons (Fsp3) is 0.462. The van der Waals surface area contributed by atoms with E-state index in [0.717, 1.165) is 0 Å². The lowest BCUT2D eigenvalue weighted by molar-refractivity contribution is 0.244.